The van der Waals surface area contributed by atoms with Crippen molar-refractivity contribution < 1.29 is 13.3 Å². The first-order valence-corrected chi connectivity index (χ1v) is 15.9. The molecule has 0 aliphatic heterocycles. The Hall–Kier alpha value is 0.0969. The van der Waals surface area contributed by atoms with Gasteiger partial charge in [0.1, 0.15) is 0 Å². The zero-order chi connectivity index (χ0) is 23.0. The molecule has 0 spiro atoms. The van der Waals surface area contributed by atoms with Crippen LogP contribution in [0.25, 0.3) is 0 Å². The quantitative estimate of drug-likeness (QED) is 0.0783. The molecule has 0 aliphatic carbocycles. The Bertz CT molecular complexity index is 346. The molecule has 0 atom stereocenters. The molecule has 0 aromatic carbocycles. The summed E-state index contributed by atoms with van der Waals surface area (Å²) in [5.74, 6) is 0. The van der Waals surface area contributed by atoms with E-state index in [0.29, 0.717) is 0 Å². The van der Waals surface area contributed by atoms with E-state index in [9.17, 15) is 0 Å². The fourth-order valence-electron chi connectivity index (χ4n) is 4.47. The van der Waals surface area contributed by atoms with Gasteiger partial charge in [-0.15, -0.1) is 0 Å². The van der Waals surface area contributed by atoms with Crippen LogP contribution in [0.4, 0.5) is 0 Å². The summed E-state index contributed by atoms with van der Waals surface area (Å²) >= 11 is 0. The molecule has 0 saturated heterocycles. The Balaban J connectivity index is 3.41. The number of rotatable bonds is 25. The maximum absolute atomic E-state index is 5.80. The molecule has 0 aliphatic rings. The van der Waals surface area contributed by atoms with Crippen LogP contribution in [0.5, 0.6) is 0 Å². The Morgan fingerprint density at radius 1 is 0.484 bits per heavy atom. The predicted molar refractivity (Wildman–Crippen MR) is 141 cm³/mol. The molecule has 3 nitrogen and oxygen atoms in total. The van der Waals surface area contributed by atoms with Gasteiger partial charge in [-0.2, -0.15) is 0 Å². The maximum Gasteiger partial charge on any atom is 0.321 e. The van der Waals surface area contributed by atoms with Gasteiger partial charge < -0.3 is 13.3 Å². The molecule has 4 heteroatoms. The average Bonchev–Trinajstić information content (AvgIpc) is 2.73. The van der Waals surface area contributed by atoms with Crippen molar-refractivity contribution in [1.29, 1.82) is 0 Å². The third kappa shape index (κ3) is 23.1. The number of nitrogens with zero attached hydrogens (tertiary/aromatic N) is 1. The van der Waals surface area contributed by atoms with Crippen LogP contribution in [0.3, 0.4) is 0 Å². The minimum Gasteiger partial charge on any atom is -0.397 e. The molecule has 0 aromatic rings. The Morgan fingerprint density at radius 2 is 0.839 bits per heavy atom. The number of unbranched alkanes of at least 4 members (excludes halogenated alkanes) is 15. The highest BCUT2D eigenvalue weighted by molar-refractivity contribution is 6.44. The summed E-state index contributed by atoms with van der Waals surface area (Å²) in [5, 5.41) is 0. The van der Waals surface area contributed by atoms with Crippen LogP contribution in [-0.2, 0) is 8.85 Å². The minimum atomic E-state index is -1.40. The Morgan fingerprint density at radius 3 is 1.23 bits per heavy atom. The molecule has 0 bridgehead atoms. The van der Waals surface area contributed by atoms with Crippen molar-refractivity contribution in [2.24, 2.45) is 0 Å². The van der Waals surface area contributed by atoms with E-state index in [-0.39, 0.29) is 0 Å². The molecule has 0 aromatic heterocycles. The zero-order valence-electron chi connectivity index (χ0n) is 22.4. The first-order chi connectivity index (χ1) is 15.1. The second-order valence-electron chi connectivity index (χ2n) is 10.2. The average molecular weight is 459 g/mol. The van der Waals surface area contributed by atoms with Crippen LogP contribution in [0.15, 0.2) is 0 Å². The lowest BCUT2D eigenvalue weighted by atomic mass is 10.0. The second-order valence-corrected chi connectivity index (χ2v) is 12.3. The van der Waals surface area contributed by atoms with Crippen LogP contribution in [-0.4, -0.2) is 54.2 Å². The van der Waals surface area contributed by atoms with Crippen LogP contribution >= 0.6 is 0 Å². The van der Waals surface area contributed by atoms with Gasteiger partial charge in [-0.3, -0.25) is 0 Å². The van der Waals surface area contributed by atoms with Crippen molar-refractivity contribution in [3.8, 4) is 0 Å². The molecule has 0 radical (unpaired) electrons. The van der Waals surface area contributed by atoms with Gasteiger partial charge in [-0.25, -0.2) is 0 Å². The normalized spacial score (nSPS) is 12.2. The lowest BCUT2D eigenvalue weighted by Gasteiger charge is -2.30. The highest BCUT2D eigenvalue weighted by Gasteiger charge is 2.18. The van der Waals surface area contributed by atoms with Crippen molar-refractivity contribution in [2.75, 3.05) is 40.4 Å². The van der Waals surface area contributed by atoms with E-state index in [1.54, 1.807) is 0 Å². The van der Waals surface area contributed by atoms with Gasteiger partial charge in [0.2, 0.25) is 0 Å². The molecule has 0 fully saturated rings. The summed E-state index contributed by atoms with van der Waals surface area (Å²) < 4.78 is 12.8. The van der Waals surface area contributed by atoms with Crippen LogP contribution in [0, 0.1) is 0 Å². The molecule has 0 rings (SSSR count). The third-order valence-electron chi connectivity index (χ3n) is 6.53. The van der Waals surface area contributed by atoms with Gasteiger partial charge in [0, 0.05) is 13.2 Å². The van der Waals surface area contributed by atoms with E-state index in [2.05, 4.69) is 34.9 Å². The molecule has 0 unspecified atom stereocenters. The standard InChI is InChI=1S/C27H60NO2Si/c1-6-9-10-11-12-13-14-15-16-17-18-19-20-21-22-23-25-28(4,5)26-24-27-31(29-7-2)30-8-3/h31H,6-27H2,1-5H3/q+1. The third-order valence-corrected chi connectivity index (χ3v) is 8.82. The summed E-state index contributed by atoms with van der Waals surface area (Å²) in [5.41, 5.74) is 0. The zero-order valence-corrected chi connectivity index (χ0v) is 23.6. The first-order valence-electron chi connectivity index (χ1n) is 14.1. The largest absolute Gasteiger partial charge is 0.397 e. The van der Waals surface area contributed by atoms with Crippen molar-refractivity contribution >= 4 is 9.28 Å². The van der Waals surface area contributed by atoms with Gasteiger partial charge in [0.25, 0.3) is 0 Å². The number of hydrogen-bond acceptors (Lipinski definition) is 2. The molecular weight excluding hydrogens is 398 g/mol. The lowest BCUT2D eigenvalue weighted by Crippen LogP contribution is -2.41. The SMILES string of the molecule is CCCCCCCCCCCCCCCCCC[N+](C)(C)CCC[SiH](OCC)OCC. The van der Waals surface area contributed by atoms with Crippen molar-refractivity contribution in [3.05, 3.63) is 0 Å². The fourth-order valence-corrected chi connectivity index (χ4v) is 6.16. The van der Waals surface area contributed by atoms with E-state index >= 15 is 0 Å². The summed E-state index contributed by atoms with van der Waals surface area (Å²) in [6, 6.07) is 1.16. The minimum absolute atomic E-state index is 0.800. The topological polar surface area (TPSA) is 18.5 Å². The Kier molecular flexibility index (Phi) is 23.3. The van der Waals surface area contributed by atoms with Crippen molar-refractivity contribution in [3.63, 3.8) is 0 Å². The Labute approximate surface area is 199 Å². The molecular formula is C27H60NO2Si+. The highest BCUT2D eigenvalue weighted by Crippen LogP contribution is 2.14. The van der Waals surface area contributed by atoms with Gasteiger partial charge >= 0.3 is 9.28 Å². The number of quaternary nitrogens is 1. The second kappa shape index (κ2) is 23.3. The molecule has 0 N–H and O–H groups in total. The molecule has 0 heterocycles. The van der Waals surface area contributed by atoms with Gasteiger partial charge in [0.15, 0.2) is 0 Å². The monoisotopic (exact) mass is 458 g/mol. The van der Waals surface area contributed by atoms with Crippen LogP contribution in [0.1, 0.15) is 130 Å². The van der Waals surface area contributed by atoms with E-state index in [4.69, 9.17) is 8.85 Å². The smallest absolute Gasteiger partial charge is 0.321 e. The van der Waals surface area contributed by atoms with E-state index in [1.807, 2.05) is 0 Å². The summed E-state index contributed by atoms with van der Waals surface area (Å²) in [4.78, 5) is 0. The highest BCUT2D eigenvalue weighted by atomic mass is 28.3. The molecule has 188 valence electrons. The summed E-state index contributed by atoms with van der Waals surface area (Å²) in [7, 11) is 3.38. The van der Waals surface area contributed by atoms with E-state index < -0.39 is 9.28 Å². The number of hydrogen-bond donors (Lipinski definition) is 0. The van der Waals surface area contributed by atoms with Crippen LogP contribution < -0.4 is 0 Å². The van der Waals surface area contributed by atoms with Crippen LogP contribution in [0.2, 0.25) is 6.04 Å². The van der Waals surface area contributed by atoms with Crippen molar-refractivity contribution in [2.45, 2.75) is 136 Å². The van der Waals surface area contributed by atoms with Gasteiger partial charge in [-0.1, -0.05) is 96.8 Å². The first kappa shape index (κ1) is 31.1. The van der Waals surface area contributed by atoms with E-state index in [1.165, 1.54) is 122 Å². The van der Waals surface area contributed by atoms with Crippen molar-refractivity contribution in [1.82, 2.24) is 0 Å². The summed E-state index contributed by atoms with van der Waals surface area (Å²) in [6.45, 7) is 10.6. The predicted octanol–water partition coefficient (Wildman–Crippen LogP) is 8.01. The maximum atomic E-state index is 5.80. The molecule has 0 amide bonds. The fraction of sp³-hybridized carbons (Fsp3) is 1.00. The summed E-state index contributed by atoms with van der Waals surface area (Å²) in [6.07, 6.45) is 24.4. The van der Waals surface area contributed by atoms with Gasteiger partial charge in [0.05, 0.1) is 27.2 Å². The lowest BCUT2D eigenvalue weighted by molar-refractivity contribution is -0.890. The van der Waals surface area contributed by atoms with E-state index in [0.717, 1.165) is 23.7 Å². The molecule has 31 heavy (non-hydrogen) atoms. The molecule has 0 saturated carbocycles. The van der Waals surface area contributed by atoms with Gasteiger partial charge in [-0.05, 0) is 39.2 Å².